The van der Waals surface area contributed by atoms with E-state index in [2.05, 4.69) is 188 Å². The van der Waals surface area contributed by atoms with E-state index in [1.807, 2.05) is 136 Å². The molecule has 0 spiro atoms. The van der Waals surface area contributed by atoms with Crippen molar-refractivity contribution in [1.82, 2.24) is 24.9 Å². The van der Waals surface area contributed by atoms with Crippen molar-refractivity contribution in [1.29, 1.82) is 0 Å². The smallest absolute Gasteiger partial charge is 0.781 e. The molecule has 11 aromatic carbocycles. The van der Waals surface area contributed by atoms with Gasteiger partial charge in [0.05, 0.1) is 5.56 Å². The van der Waals surface area contributed by atoms with Gasteiger partial charge in [-0.1, -0.05) is 240 Å². The van der Waals surface area contributed by atoms with Gasteiger partial charge in [-0.05, 0) is 132 Å². The van der Waals surface area contributed by atoms with Crippen LogP contribution in [-0.2, 0) is 187 Å². The van der Waals surface area contributed by atoms with E-state index in [-0.39, 0.29) is 163 Å². The van der Waals surface area contributed by atoms with Crippen molar-refractivity contribution in [2.24, 2.45) is 0 Å². The molecular weight excluding hydrogens is 2740 g/mol. The first kappa shape index (κ1) is 118. The molecule has 16 aromatic rings. The quantitative estimate of drug-likeness (QED) is 0.0481. The zero-order chi connectivity index (χ0) is 98.7. The number of rotatable bonds is 8. The van der Waals surface area contributed by atoms with Crippen LogP contribution in [0, 0.1) is 50.0 Å². The van der Waals surface area contributed by atoms with Gasteiger partial charge in [0.25, 0.3) is 11.9 Å². The summed E-state index contributed by atoms with van der Waals surface area (Å²) in [5.74, 6) is -6.30. The zero-order valence-electron chi connectivity index (χ0n) is 78.6. The van der Waals surface area contributed by atoms with Crippen LogP contribution in [0.3, 0.4) is 0 Å². The maximum absolute atomic E-state index is 14.6. The Kier molecular flexibility index (Phi) is 43.3. The number of fused-ring (bicyclic) bond motifs is 12. The van der Waals surface area contributed by atoms with Crippen LogP contribution in [-0.4, -0.2) is 77.3 Å². The molecule has 142 heavy (non-hydrogen) atoms. The Morgan fingerprint density at radius 1 is 0.437 bits per heavy atom. The fourth-order valence-electron chi connectivity index (χ4n) is 16.8. The topological polar surface area (TPSA) is 225 Å². The number of aromatic carboxylic acids is 1. The van der Waals surface area contributed by atoms with E-state index in [1.165, 1.54) is 80.0 Å². The molecule has 5 aliphatic rings. The third-order valence-corrected chi connectivity index (χ3v) is 25.4. The minimum absolute atomic E-state index is 0. The number of alkyl halides is 5. The summed E-state index contributed by atoms with van der Waals surface area (Å²) in [5.41, 5.74) is 18.7. The fraction of sp³-hybridized carbons (Fsp3) is 0.183. The first-order chi connectivity index (χ1) is 65.5. The van der Waals surface area contributed by atoms with E-state index < -0.39 is 41.0 Å². The summed E-state index contributed by atoms with van der Waals surface area (Å²) in [7, 11) is 3.42. The summed E-state index contributed by atoms with van der Waals surface area (Å²) >= 11 is 10.8. The molecule has 0 aliphatic heterocycles. The van der Waals surface area contributed by atoms with E-state index in [9.17, 15) is 40.7 Å². The summed E-state index contributed by atoms with van der Waals surface area (Å²) in [6.45, 7) is 23.9. The van der Waals surface area contributed by atoms with Crippen molar-refractivity contribution in [2.45, 2.75) is 121 Å². The monoisotopic (exact) mass is 2840 g/mol. The van der Waals surface area contributed by atoms with Gasteiger partial charge in [0.15, 0.2) is 0 Å². The number of aromatic hydroxyl groups is 1. The molecule has 27 heteroatoms. The van der Waals surface area contributed by atoms with Gasteiger partial charge in [-0.2, -0.15) is 29.4 Å². The number of para-hydroxylation sites is 1. The number of carboxylic acids is 3. The van der Waals surface area contributed by atoms with Gasteiger partial charge >= 0.3 is 60.2 Å². The summed E-state index contributed by atoms with van der Waals surface area (Å²) in [6.07, 6.45) is 9.77. The average molecular weight is 2840 g/mol. The van der Waals surface area contributed by atoms with Crippen molar-refractivity contribution in [3.63, 3.8) is 0 Å². The largest absolute Gasteiger partial charge is 2.00 e. The Bertz CT molecular complexity index is 6820. The van der Waals surface area contributed by atoms with Crippen LogP contribution in [0.4, 0.5) is 26.3 Å². The maximum atomic E-state index is 14.6. The molecule has 4 N–H and O–H groups in total. The summed E-state index contributed by atoms with van der Waals surface area (Å²) in [5, 5.41) is 45.1. The Morgan fingerprint density at radius 2 is 0.866 bits per heavy atom. The molecule has 0 fully saturated rings. The van der Waals surface area contributed by atoms with Gasteiger partial charge in [0, 0.05) is 112 Å². The average Bonchev–Trinajstić information content (AvgIpc) is 0.718. The van der Waals surface area contributed by atoms with Gasteiger partial charge in [0.1, 0.15) is 17.1 Å². The number of aryl methyl sites for hydroxylation is 2. The molecule has 5 aliphatic carbocycles. The summed E-state index contributed by atoms with van der Waals surface area (Å²) < 4.78 is 82.6. The van der Waals surface area contributed by atoms with E-state index in [0.717, 1.165) is 85.2 Å². The first-order valence-electron chi connectivity index (χ1n) is 43.8. The molecule has 0 saturated carbocycles. The number of hydrogen-bond acceptors (Lipinski definition) is 11. The zero-order valence-corrected chi connectivity index (χ0v) is 91.6. The second kappa shape index (κ2) is 52.3. The molecule has 0 amide bonds. The third-order valence-electron chi connectivity index (χ3n) is 24.4. The number of carboxylic acid groups (broad SMARTS) is 3. The minimum atomic E-state index is -4.46. The number of pyridine rings is 5. The number of benzene rings is 11. The molecule has 0 unspecified atom stereocenters. The number of aliphatic carboxylic acids is 2. The summed E-state index contributed by atoms with van der Waals surface area (Å²) in [4.78, 5) is 52.6. The molecular formula is C115H98F6N7O7Pt5S2-7. The van der Waals surface area contributed by atoms with Gasteiger partial charge < -0.3 is 95.1 Å². The first-order valence-corrected chi connectivity index (χ1v) is 44.6. The SMILES string of the molecule is CC1(C)c2cc(C(F)(F)F)cnc2-c2[c-]ccc3c(F)ccc1c23.CC1(C)c2ccc[c-]c2-c2nccc3cccc1c23.CC1(C)c2ccc[c-]c2-c2ncccc2C1(C)C.C[N-]C=C[N-]C.FC1(F)c2ccc[c-]c2-c2nccc3cccc1c23.O=C(O)c1ccccc1O.[CH2-]CC(=O)O.[CH2-]CCC(=O)O.[Pt+2].[Pt+2].[Pt].[Pt].[Pt].[S-]C(=C([S-])c1ccccc1)c1ccccc1.[c-]1cccc2c1-c1ncccc1CC2. The predicted molar refractivity (Wildman–Crippen MR) is 538 cm³/mol. The number of halogens is 6. The standard InChI is InChI=1S/C19H12F4N.C18H14N.C17H18N.C16H8F2N.C14H12S2.C13H10N.C7H6O3.C4H8N2.C4H7O2.C3H5O2.5Pt/c1-18(2)13-6-7-15(20)11-4-3-5-12(16(11)13)17-14(18)8-10(9-24-17)19(21,22)23;1-18(2)14-8-4-3-7-13(14)17-16-12(10-11-19-17)6-5-9-15(16)18;1-16(2)13-9-6-5-8-12(13)15-14(17(16,3)4)10-7-11-18-15;17-16(18)12-6-2-1-5-11(12)15-14-10(8-9-19-15)4-3-7-13(14)16;15-13(11-7-3-1-4-8-11)14(16)12-9-5-2-6-10-12;1-2-6-12-10(4-1)7-8-11-5-3-9-14-13(11)12;8-6-4-2-1-3-5(6)7(9)10;1-5-3-4-6-2;1-2-3-4(5)6;1-2-3(4)5;;;;;/h3-4,6-9H,1-2H3;3-6,8-11H,1-2H3;5-7,9-11H,1-4H3;1-4,6-9H;1-10,15-16H;1-5,9H,7-8H2;1-4,8H,(H,9,10);3-4H,1-2H3;1-3H2,(H,5,6);1-2H2,(H,4,5);;;;;/q4*-1;;-1;;-2;2*-1;;;;2*+2/p-2. The van der Waals surface area contributed by atoms with Crippen LogP contribution in [0.5, 0.6) is 5.75 Å². The summed E-state index contributed by atoms with van der Waals surface area (Å²) in [6, 6.07) is 95.9. The second-order valence-corrected chi connectivity index (χ2v) is 34.9. The van der Waals surface area contributed by atoms with E-state index in [1.54, 1.807) is 87.3 Å². The molecule has 0 radical (unpaired) electrons. The molecule has 746 valence electrons. The predicted octanol–water partition coefficient (Wildman–Crippen LogP) is 27.9. The van der Waals surface area contributed by atoms with E-state index >= 15 is 0 Å². The van der Waals surface area contributed by atoms with Crippen molar-refractivity contribution >= 4 is 85.3 Å². The Morgan fingerprint density at radius 3 is 1.39 bits per heavy atom. The molecule has 14 nitrogen and oxygen atoms in total. The molecule has 0 saturated heterocycles. The van der Waals surface area contributed by atoms with Crippen molar-refractivity contribution in [2.75, 3.05) is 14.1 Å². The van der Waals surface area contributed by atoms with Crippen LogP contribution in [0.25, 0.3) is 109 Å². The van der Waals surface area contributed by atoms with Crippen molar-refractivity contribution in [3.05, 3.63) is 443 Å². The molecule has 0 bridgehead atoms. The van der Waals surface area contributed by atoms with Gasteiger partial charge in [-0.15, -0.1) is 174 Å². The maximum Gasteiger partial charge on any atom is 2.00 e. The number of aromatic nitrogens is 5. The Balaban J connectivity index is 0.000000219. The molecule has 5 aromatic heterocycles. The van der Waals surface area contributed by atoms with Crippen LogP contribution >= 0.6 is 0 Å². The number of hydrogen-bond donors (Lipinski definition) is 4. The van der Waals surface area contributed by atoms with Crippen molar-refractivity contribution in [3.8, 4) is 62.0 Å². The van der Waals surface area contributed by atoms with Crippen LogP contribution in [0.15, 0.2) is 304 Å². The number of nitrogens with zero attached hydrogens (tertiary/aromatic N) is 7. The van der Waals surface area contributed by atoms with E-state index in [4.69, 9.17) is 45.7 Å². The Labute approximate surface area is 908 Å². The van der Waals surface area contributed by atoms with E-state index in [0.29, 0.717) is 50.7 Å². The van der Waals surface area contributed by atoms with Gasteiger partial charge in [0.2, 0.25) is 0 Å². The second-order valence-electron chi connectivity index (χ2n) is 34.1. The number of phenols is 1. The van der Waals surface area contributed by atoms with Crippen LogP contribution in [0.2, 0.25) is 0 Å². The minimum Gasteiger partial charge on any atom is -0.781 e. The van der Waals surface area contributed by atoms with Crippen molar-refractivity contribution < 1.29 is 166 Å². The van der Waals surface area contributed by atoms with Gasteiger partial charge in [-0.3, -0.25) is 9.59 Å². The van der Waals surface area contributed by atoms with Gasteiger partial charge in [-0.25, -0.2) is 30.4 Å². The molecule has 21 rings (SSSR count). The third kappa shape index (κ3) is 26.4. The van der Waals surface area contributed by atoms with Crippen LogP contribution < -0.4 is 0 Å². The van der Waals surface area contributed by atoms with Crippen LogP contribution in [0.1, 0.15) is 157 Å². The number of carbonyl (C=O) groups is 3. The Hall–Kier alpha value is -11.3. The molecule has 0 atom stereocenters. The fourth-order valence-corrected chi connectivity index (χ4v) is 17.3. The molecule has 5 heterocycles. The normalized spacial score (nSPS) is 13.4.